The molecule has 0 bridgehead atoms. The fraction of sp³-hybridized carbons (Fsp3) is 0.480. The molecule has 5 heteroatoms. The first-order valence-electron chi connectivity index (χ1n) is 11.1. The SMILES string of the molecule is C[C@H]1CCCN(c2ccc([C@@H](C)NC(=O)CCc3ccc4c(c3)OCCO4)cc2)C1. The van der Waals surface area contributed by atoms with Crippen LogP contribution in [0.1, 0.15) is 50.3 Å². The van der Waals surface area contributed by atoms with Crippen LogP contribution < -0.4 is 19.7 Å². The summed E-state index contributed by atoms with van der Waals surface area (Å²) in [5, 5.41) is 3.13. The lowest BCUT2D eigenvalue weighted by molar-refractivity contribution is -0.121. The van der Waals surface area contributed by atoms with E-state index in [4.69, 9.17) is 9.47 Å². The summed E-state index contributed by atoms with van der Waals surface area (Å²) in [5.41, 5.74) is 3.50. The number of hydrogen-bond acceptors (Lipinski definition) is 4. The molecule has 160 valence electrons. The zero-order valence-electron chi connectivity index (χ0n) is 18.0. The lowest BCUT2D eigenvalue weighted by atomic mass is 9.99. The third-order valence-electron chi connectivity index (χ3n) is 6.04. The maximum Gasteiger partial charge on any atom is 0.220 e. The zero-order valence-corrected chi connectivity index (χ0v) is 18.0. The molecule has 2 aliphatic heterocycles. The summed E-state index contributed by atoms with van der Waals surface area (Å²) in [4.78, 5) is 14.9. The highest BCUT2D eigenvalue weighted by molar-refractivity contribution is 5.76. The van der Waals surface area contributed by atoms with Crippen molar-refractivity contribution in [1.82, 2.24) is 5.32 Å². The fourth-order valence-electron chi connectivity index (χ4n) is 4.30. The Labute approximate surface area is 179 Å². The van der Waals surface area contributed by atoms with Gasteiger partial charge in [-0.2, -0.15) is 0 Å². The predicted octanol–water partition coefficient (Wildman–Crippen LogP) is 4.50. The molecule has 2 atom stereocenters. The van der Waals surface area contributed by atoms with Crippen molar-refractivity contribution >= 4 is 11.6 Å². The highest BCUT2D eigenvalue weighted by atomic mass is 16.6. The van der Waals surface area contributed by atoms with Gasteiger partial charge in [-0.1, -0.05) is 25.1 Å². The molecular weight excluding hydrogens is 376 g/mol. The molecule has 2 heterocycles. The number of hydrogen-bond donors (Lipinski definition) is 1. The number of piperidine rings is 1. The van der Waals surface area contributed by atoms with E-state index in [-0.39, 0.29) is 11.9 Å². The minimum absolute atomic E-state index is 0.00732. The molecule has 1 amide bonds. The molecular formula is C25H32N2O3. The second-order valence-corrected chi connectivity index (χ2v) is 8.55. The van der Waals surface area contributed by atoms with E-state index in [1.165, 1.54) is 18.5 Å². The number of fused-ring (bicyclic) bond motifs is 1. The first-order chi connectivity index (χ1) is 14.6. The van der Waals surface area contributed by atoms with Gasteiger partial charge in [0, 0.05) is 25.2 Å². The van der Waals surface area contributed by atoms with E-state index in [9.17, 15) is 4.79 Å². The molecule has 1 saturated heterocycles. The Morgan fingerprint density at radius 1 is 1.13 bits per heavy atom. The summed E-state index contributed by atoms with van der Waals surface area (Å²) >= 11 is 0. The van der Waals surface area contributed by atoms with Crippen LogP contribution in [0.3, 0.4) is 0 Å². The molecule has 0 saturated carbocycles. The average molecular weight is 409 g/mol. The van der Waals surface area contributed by atoms with E-state index < -0.39 is 0 Å². The zero-order chi connectivity index (χ0) is 20.9. The predicted molar refractivity (Wildman–Crippen MR) is 119 cm³/mol. The quantitative estimate of drug-likeness (QED) is 0.764. The Balaban J connectivity index is 1.28. The summed E-state index contributed by atoms with van der Waals surface area (Å²) in [6.07, 6.45) is 3.72. The second kappa shape index (κ2) is 9.41. The van der Waals surface area contributed by atoms with Crippen molar-refractivity contribution < 1.29 is 14.3 Å². The van der Waals surface area contributed by atoms with E-state index in [1.54, 1.807) is 0 Å². The molecule has 2 aromatic rings. The smallest absolute Gasteiger partial charge is 0.220 e. The third-order valence-corrected chi connectivity index (χ3v) is 6.04. The average Bonchev–Trinajstić information content (AvgIpc) is 2.77. The van der Waals surface area contributed by atoms with Crippen LogP contribution in [0.25, 0.3) is 0 Å². The van der Waals surface area contributed by atoms with Crippen LogP contribution in [0.4, 0.5) is 5.69 Å². The van der Waals surface area contributed by atoms with Crippen molar-refractivity contribution in [1.29, 1.82) is 0 Å². The number of aryl methyl sites for hydroxylation is 1. The maximum atomic E-state index is 12.5. The Hall–Kier alpha value is -2.69. The minimum Gasteiger partial charge on any atom is -0.486 e. The van der Waals surface area contributed by atoms with Crippen LogP contribution in [0.5, 0.6) is 11.5 Å². The highest BCUT2D eigenvalue weighted by Crippen LogP contribution is 2.31. The van der Waals surface area contributed by atoms with Gasteiger partial charge < -0.3 is 19.7 Å². The second-order valence-electron chi connectivity index (χ2n) is 8.55. The number of benzene rings is 2. The molecule has 0 spiro atoms. The molecule has 2 aromatic carbocycles. The van der Waals surface area contributed by atoms with Crippen LogP contribution in [-0.4, -0.2) is 32.2 Å². The van der Waals surface area contributed by atoms with Crippen molar-refractivity contribution in [2.45, 2.75) is 45.6 Å². The summed E-state index contributed by atoms with van der Waals surface area (Å²) in [5.74, 6) is 2.37. The van der Waals surface area contributed by atoms with E-state index >= 15 is 0 Å². The normalized spacial score (nSPS) is 19.3. The van der Waals surface area contributed by atoms with Gasteiger partial charge in [0.2, 0.25) is 5.91 Å². The summed E-state index contributed by atoms with van der Waals surface area (Å²) in [6.45, 7) is 7.79. The maximum absolute atomic E-state index is 12.5. The molecule has 30 heavy (non-hydrogen) atoms. The largest absolute Gasteiger partial charge is 0.486 e. The van der Waals surface area contributed by atoms with Crippen LogP contribution >= 0.6 is 0 Å². The van der Waals surface area contributed by atoms with Crippen molar-refractivity contribution in [3.63, 3.8) is 0 Å². The summed E-state index contributed by atoms with van der Waals surface area (Å²) in [7, 11) is 0. The highest BCUT2D eigenvalue weighted by Gasteiger charge is 2.17. The topological polar surface area (TPSA) is 50.8 Å². The van der Waals surface area contributed by atoms with Gasteiger partial charge in [-0.25, -0.2) is 0 Å². The number of anilines is 1. The van der Waals surface area contributed by atoms with Gasteiger partial charge in [-0.05, 0) is 67.5 Å². The number of carbonyl (C=O) groups excluding carboxylic acids is 1. The molecule has 4 rings (SSSR count). The van der Waals surface area contributed by atoms with Gasteiger partial charge in [0.1, 0.15) is 13.2 Å². The lowest BCUT2D eigenvalue weighted by Gasteiger charge is -2.33. The van der Waals surface area contributed by atoms with E-state index in [0.29, 0.717) is 26.1 Å². The van der Waals surface area contributed by atoms with E-state index in [0.717, 1.165) is 41.6 Å². The van der Waals surface area contributed by atoms with E-state index in [2.05, 4.69) is 41.4 Å². The number of nitrogens with one attached hydrogen (secondary N) is 1. The molecule has 2 aliphatic rings. The standard InChI is InChI=1S/C25H32N2O3/c1-18-4-3-13-27(17-18)22-9-7-21(8-10-22)19(2)26-25(28)12-6-20-5-11-23-24(16-20)30-15-14-29-23/h5,7-11,16,18-19H,3-4,6,12-15,17H2,1-2H3,(H,26,28)/t18-,19+/m0/s1. The van der Waals surface area contributed by atoms with Gasteiger partial charge in [0.25, 0.3) is 0 Å². The molecule has 0 aliphatic carbocycles. The van der Waals surface area contributed by atoms with Crippen molar-refractivity contribution in [2.75, 3.05) is 31.2 Å². The number of rotatable bonds is 6. The Morgan fingerprint density at radius 2 is 1.90 bits per heavy atom. The van der Waals surface area contributed by atoms with E-state index in [1.807, 2.05) is 25.1 Å². The number of ether oxygens (including phenoxy) is 2. The van der Waals surface area contributed by atoms with Crippen LogP contribution in [0.15, 0.2) is 42.5 Å². The van der Waals surface area contributed by atoms with Gasteiger partial charge >= 0.3 is 0 Å². The summed E-state index contributed by atoms with van der Waals surface area (Å²) < 4.78 is 11.2. The van der Waals surface area contributed by atoms with Crippen molar-refractivity contribution in [3.8, 4) is 11.5 Å². The van der Waals surface area contributed by atoms with Gasteiger partial charge in [0.15, 0.2) is 11.5 Å². The molecule has 1 fully saturated rings. The minimum atomic E-state index is -0.00732. The van der Waals surface area contributed by atoms with Crippen LogP contribution in [0.2, 0.25) is 0 Å². The molecule has 5 nitrogen and oxygen atoms in total. The van der Waals surface area contributed by atoms with Crippen LogP contribution in [-0.2, 0) is 11.2 Å². The Morgan fingerprint density at radius 3 is 2.67 bits per heavy atom. The first-order valence-corrected chi connectivity index (χ1v) is 11.1. The van der Waals surface area contributed by atoms with Crippen molar-refractivity contribution in [2.24, 2.45) is 5.92 Å². The van der Waals surface area contributed by atoms with Gasteiger partial charge in [-0.3, -0.25) is 4.79 Å². The molecule has 0 unspecified atom stereocenters. The number of amides is 1. The molecule has 1 N–H and O–H groups in total. The monoisotopic (exact) mass is 408 g/mol. The summed E-state index contributed by atoms with van der Waals surface area (Å²) in [6, 6.07) is 14.6. The number of nitrogens with zero attached hydrogens (tertiary/aromatic N) is 1. The number of carbonyl (C=O) groups is 1. The molecule has 0 aromatic heterocycles. The van der Waals surface area contributed by atoms with Crippen LogP contribution in [0, 0.1) is 5.92 Å². The van der Waals surface area contributed by atoms with Crippen molar-refractivity contribution in [3.05, 3.63) is 53.6 Å². The fourth-order valence-corrected chi connectivity index (χ4v) is 4.30. The third kappa shape index (κ3) is 5.07. The lowest BCUT2D eigenvalue weighted by Crippen LogP contribution is -2.34. The Kier molecular flexibility index (Phi) is 6.46. The molecule has 0 radical (unpaired) electrons. The first kappa shape index (κ1) is 20.6. The van der Waals surface area contributed by atoms with Gasteiger partial charge in [-0.15, -0.1) is 0 Å². The van der Waals surface area contributed by atoms with Gasteiger partial charge in [0.05, 0.1) is 6.04 Å². The Bertz CT molecular complexity index is 865.